The van der Waals surface area contributed by atoms with Gasteiger partial charge in [0.15, 0.2) is 0 Å². The summed E-state index contributed by atoms with van der Waals surface area (Å²) in [6.07, 6.45) is 0. The van der Waals surface area contributed by atoms with Crippen molar-refractivity contribution in [3.63, 3.8) is 0 Å². The van der Waals surface area contributed by atoms with E-state index in [1.54, 1.807) is 12.1 Å². The topological polar surface area (TPSA) is 35.8 Å². The Bertz CT molecular complexity index is 645. The fourth-order valence-electron chi connectivity index (χ4n) is 1.83. The highest BCUT2D eigenvalue weighted by Gasteiger charge is 2.06. The predicted molar refractivity (Wildman–Crippen MR) is 79.7 cm³/mol. The smallest absolute Gasteiger partial charge is 0.102 e. The summed E-state index contributed by atoms with van der Waals surface area (Å²) in [5.41, 5.74) is 3.31. The minimum Gasteiger partial charge on any atom is -0.380 e. The lowest BCUT2D eigenvalue weighted by atomic mass is 10.1. The number of anilines is 1. The molecule has 0 aliphatic carbocycles. The van der Waals surface area contributed by atoms with Gasteiger partial charge in [0.05, 0.1) is 11.3 Å². The molecule has 0 aliphatic rings. The van der Waals surface area contributed by atoms with Crippen molar-refractivity contribution in [3.05, 3.63) is 63.1 Å². The van der Waals surface area contributed by atoms with Crippen molar-refractivity contribution in [2.75, 3.05) is 5.32 Å². The molecule has 0 unspecified atom stereocenters. The molecular weight excluding hydrogens is 279 g/mol. The van der Waals surface area contributed by atoms with E-state index in [-0.39, 0.29) is 0 Å². The van der Waals surface area contributed by atoms with Crippen molar-refractivity contribution in [1.82, 2.24) is 0 Å². The van der Waals surface area contributed by atoms with E-state index < -0.39 is 0 Å². The number of nitrogens with one attached hydrogen (secondary N) is 1. The zero-order chi connectivity index (χ0) is 13.8. The Morgan fingerprint density at radius 1 is 1.21 bits per heavy atom. The lowest BCUT2D eigenvalue weighted by Crippen LogP contribution is -2.02. The molecule has 0 saturated heterocycles. The van der Waals surface area contributed by atoms with Crippen LogP contribution < -0.4 is 5.32 Å². The van der Waals surface area contributed by atoms with Gasteiger partial charge in [-0.3, -0.25) is 0 Å². The van der Waals surface area contributed by atoms with Crippen LogP contribution in [0.1, 0.15) is 16.7 Å². The zero-order valence-corrected chi connectivity index (χ0v) is 11.9. The Balaban J connectivity index is 2.22. The number of rotatable bonds is 3. The van der Waals surface area contributed by atoms with Crippen LogP contribution in [0.2, 0.25) is 10.0 Å². The van der Waals surface area contributed by atoms with E-state index in [4.69, 9.17) is 28.5 Å². The summed E-state index contributed by atoms with van der Waals surface area (Å²) in [4.78, 5) is 0. The molecule has 0 bridgehead atoms. The lowest BCUT2D eigenvalue weighted by Gasteiger charge is -2.11. The second-order valence-corrected chi connectivity index (χ2v) is 5.04. The third-order valence-corrected chi connectivity index (χ3v) is 3.47. The first-order valence-electron chi connectivity index (χ1n) is 5.79. The summed E-state index contributed by atoms with van der Waals surface area (Å²) in [5, 5.41) is 13.7. The summed E-state index contributed by atoms with van der Waals surface area (Å²) in [5.74, 6) is 0. The molecule has 0 spiro atoms. The first kappa shape index (κ1) is 13.7. The first-order chi connectivity index (χ1) is 9.11. The second kappa shape index (κ2) is 5.97. The number of hydrogen-bond acceptors (Lipinski definition) is 2. The molecule has 4 heteroatoms. The van der Waals surface area contributed by atoms with E-state index in [1.165, 1.54) is 0 Å². The van der Waals surface area contributed by atoms with Crippen LogP contribution in [0.25, 0.3) is 0 Å². The van der Waals surface area contributed by atoms with Crippen LogP contribution in [0.4, 0.5) is 5.69 Å². The van der Waals surface area contributed by atoms with Gasteiger partial charge in [0.2, 0.25) is 0 Å². The molecule has 96 valence electrons. The Labute approximate surface area is 122 Å². The monoisotopic (exact) mass is 290 g/mol. The summed E-state index contributed by atoms with van der Waals surface area (Å²) in [6.45, 7) is 2.44. The number of nitriles is 1. The third-order valence-electron chi connectivity index (χ3n) is 2.86. The van der Waals surface area contributed by atoms with Crippen molar-refractivity contribution in [1.29, 1.82) is 5.26 Å². The largest absolute Gasteiger partial charge is 0.380 e. The third kappa shape index (κ3) is 3.20. The maximum absolute atomic E-state index is 9.16. The fourth-order valence-corrected chi connectivity index (χ4v) is 2.21. The quantitative estimate of drug-likeness (QED) is 0.882. The molecule has 0 aliphatic heterocycles. The minimum atomic E-state index is 0.525. The van der Waals surface area contributed by atoms with E-state index in [2.05, 4.69) is 11.4 Å². The van der Waals surface area contributed by atoms with Crippen LogP contribution in [-0.4, -0.2) is 0 Å². The molecule has 2 nitrogen and oxygen atoms in total. The van der Waals surface area contributed by atoms with E-state index in [0.29, 0.717) is 22.2 Å². The van der Waals surface area contributed by atoms with Crippen molar-refractivity contribution >= 4 is 28.9 Å². The Morgan fingerprint density at radius 3 is 2.74 bits per heavy atom. The minimum absolute atomic E-state index is 0.525. The van der Waals surface area contributed by atoms with Gasteiger partial charge in [0, 0.05) is 16.6 Å². The van der Waals surface area contributed by atoms with E-state index in [1.807, 2.05) is 31.2 Å². The fraction of sp³-hybridized carbons (Fsp3) is 0.133. The highest BCUT2D eigenvalue weighted by molar-refractivity contribution is 6.33. The molecule has 0 radical (unpaired) electrons. The van der Waals surface area contributed by atoms with Gasteiger partial charge in [-0.15, -0.1) is 0 Å². The highest BCUT2D eigenvalue weighted by Crippen LogP contribution is 2.23. The predicted octanol–water partition coefficient (Wildman–Crippen LogP) is 4.79. The molecule has 2 aromatic rings. The van der Waals surface area contributed by atoms with Gasteiger partial charge in [-0.1, -0.05) is 35.3 Å². The molecule has 2 rings (SSSR count). The maximum Gasteiger partial charge on any atom is 0.102 e. The summed E-state index contributed by atoms with van der Waals surface area (Å²) >= 11 is 12.0. The van der Waals surface area contributed by atoms with Gasteiger partial charge in [-0.2, -0.15) is 5.26 Å². The zero-order valence-electron chi connectivity index (χ0n) is 10.4. The van der Waals surface area contributed by atoms with Crippen molar-refractivity contribution in [2.45, 2.75) is 13.5 Å². The molecule has 0 saturated carbocycles. The normalized spacial score (nSPS) is 10.0. The number of hydrogen-bond donors (Lipinski definition) is 1. The highest BCUT2D eigenvalue weighted by atomic mass is 35.5. The first-order valence-corrected chi connectivity index (χ1v) is 6.55. The molecule has 0 amide bonds. The molecular formula is C15H12Cl2N2. The van der Waals surface area contributed by atoms with E-state index in [9.17, 15) is 0 Å². The number of aryl methyl sites for hydroxylation is 1. The van der Waals surface area contributed by atoms with Crippen LogP contribution in [0, 0.1) is 18.3 Å². The standard InChI is InChI=1S/C15H12Cl2N2/c1-10-3-2-4-15(13(10)8-18)19-9-11-7-12(16)5-6-14(11)17/h2-7,19H,9H2,1H3. The SMILES string of the molecule is Cc1cccc(NCc2cc(Cl)ccc2Cl)c1C#N. The van der Waals surface area contributed by atoms with Crippen molar-refractivity contribution in [2.24, 2.45) is 0 Å². The van der Waals surface area contributed by atoms with Gasteiger partial charge in [-0.25, -0.2) is 0 Å². The number of benzene rings is 2. The molecule has 1 N–H and O–H groups in total. The molecule has 19 heavy (non-hydrogen) atoms. The van der Waals surface area contributed by atoms with E-state index >= 15 is 0 Å². The van der Waals surface area contributed by atoms with Crippen molar-refractivity contribution < 1.29 is 0 Å². The van der Waals surface area contributed by atoms with Gasteiger partial charge in [0.1, 0.15) is 6.07 Å². The average molecular weight is 291 g/mol. The van der Waals surface area contributed by atoms with Gasteiger partial charge in [0.25, 0.3) is 0 Å². The number of nitrogens with zero attached hydrogens (tertiary/aromatic N) is 1. The van der Waals surface area contributed by atoms with Gasteiger partial charge < -0.3 is 5.32 Å². The second-order valence-electron chi connectivity index (χ2n) is 4.20. The van der Waals surface area contributed by atoms with Crippen LogP contribution in [0.5, 0.6) is 0 Å². The van der Waals surface area contributed by atoms with Gasteiger partial charge in [-0.05, 0) is 42.3 Å². The number of halogens is 2. The Morgan fingerprint density at radius 2 is 2.00 bits per heavy atom. The molecule has 0 fully saturated rings. The Kier molecular flexibility index (Phi) is 4.31. The molecule has 2 aromatic carbocycles. The van der Waals surface area contributed by atoms with E-state index in [0.717, 1.165) is 16.8 Å². The Hall–Kier alpha value is -1.69. The summed E-state index contributed by atoms with van der Waals surface area (Å²) < 4.78 is 0. The van der Waals surface area contributed by atoms with Crippen LogP contribution in [-0.2, 0) is 6.54 Å². The molecule has 0 atom stereocenters. The van der Waals surface area contributed by atoms with Crippen LogP contribution in [0.3, 0.4) is 0 Å². The van der Waals surface area contributed by atoms with Crippen LogP contribution >= 0.6 is 23.2 Å². The molecule has 0 aromatic heterocycles. The van der Waals surface area contributed by atoms with Gasteiger partial charge >= 0.3 is 0 Å². The summed E-state index contributed by atoms with van der Waals surface area (Å²) in [6, 6.07) is 13.2. The lowest BCUT2D eigenvalue weighted by molar-refractivity contribution is 1.14. The van der Waals surface area contributed by atoms with Crippen LogP contribution in [0.15, 0.2) is 36.4 Å². The maximum atomic E-state index is 9.16. The van der Waals surface area contributed by atoms with Crippen molar-refractivity contribution in [3.8, 4) is 6.07 Å². The average Bonchev–Trinajstić information content (AvgIpc) is 2.40. The summed E-state index contributed by atoms with van der Waals surface area (Å²) in [7, 11) is 0. The molecule has 0 heterocycles.